The Morgan fingerprint density at radius 2 is 2.08 bits per heavy atom. The van der Waals surface area contributed by atoms with Gasteiger partial charge in [0.05, 0.1) is 6.54 Å². The number of halogens is 1. The highest BCUT2D eigenvalue weighted by Gasteiger charge is 2.03. The summed E-state index contributed by atoms with van der Waals surface area (Å²) < 4.78 is 1.24. The first-order valence-corrected chi connectivity index (χ1v) is 5.23. The lowest BCUT2D eigenvalue weighted by molar-refractivity contribution is 0.959. The van der Waals surface area contributed by atoms with Crippen molar-refractivity contribution in [3.05, 3.63) is 27.8 Å². The normalized spacial score (nSPS) is 15.0. The second kappa shape index (κ2) is 3.95. The molecule has 0 fully saturated rings. The zero-order valence-corrected chi connectivity index (χ0v) is 9.21. The number of guanidine groups is 1. The molecule has 2 rings (SSSR count). The van der Waals surface area contributed by atoms with Gasteiger partial charge in [0.1, 0.15) is 0 Å². The maximum atomic E-state index is 4.25. The Balaban J connectivity index is 2.05. The highest BCUT2D eigenvalue weighted by atomic mass is 127. The molecule has 68 valence electrons. The van der Waals surface area contributed by atoms with Crippen molar-refractivity contribution in [1.29, 1.82) is 0 Å². The molecule has 0 saturated heterocycles. The number of rotatable bonds is 1. The quantitative estimate of drug-likeness (QED) is 0.771. The number of hydrogen-bond donors (Lipinski definition) is 2. The van der Waals surface area contributed by atoms with E-state index >= 15 is 0 Å². The monoisotopic (exact) mass is 287 g/mol. The van der Waals surface area contributed by atoms with Gasteiger partial charge in [0.15, 0.2) is 5.96 Å². The van der Waals surface area contributed by atoms with Crippen molar-refractivity contribution in [2.24, 2.45) is 4.99 Å². The summed E-state index contributed by atoms with van der Waals surface area (Å²) in [6.45, 7) is 1.80. The van der Waals surface area contributed by atoms with Gasteiger partial charge in [-0.25, -0.2) is 0 Å². The maximum Gasteiger partial charge on any atom is 0.195 e. The van der Waals surface area contributed by atoms with Crippen molar-refractivity contribution in [2.45, 2.75) is 0 Å². The molecule has 1 aromatic carbocycles. The molecule has 0 spiro atoms. The van der Waals surface area contributed by atoms with E-state index < -0.39 is 0 Å². The molecule has 0 saturated carbocycles. The molecule has 1 aliphatic rings. The Morgan fingerprint density at radius 3 is 2.69 bits per heavy atom. The Hall–Kier alpha value is -0.780. The summed E-state index contributed by atoms with van der Waals surface area (Å²) in [7, 11) is 0. The zero-order valence-electron chi connectivity index (χ0n) is 7.05. The summed E-state index contributed by atoms with van der Waals surface area (Å²) in [5.41, 5.74) is 1.08. The number of benzene rings is 1. The topological polar surface area (TPSA) is 36.4 Å². The van der Waals surface area contributed by atoms with Crippen LogP contribution in [0.1, 0.15) is 0 Å². The molecule has 0 amide bonds. The van der Waals surface area contributed by atoms with Crippen molar-refractivity contribution >= 4 is 34.2 Å². The van der Waals surface area contributed by atoms with E-state index in [9.17, 15) is 0 Å². The number of nitrogens with one attached hydrogen (secondary N) is 2. The average molecular weight is 287 g/mol. The molecular formula is C9H10IN3. The molecule has 0 atom stereocenters. The van der Waals surface area contributed by atoms with E-state index in [4.69, 9.17) is 0 Å². The predicted molar refractivity (Wildman–Crippen MR) is 63.1 cm³/mol. The van der Waals surface area contributed by atoms with Gasteiger partial charge in [0, 0.05) is 15.8 Å². The first-order valence-electron chi connectivity index (χ1n) is 4.15. The largest absolute Gasteiger partial charge is 0.354 e. The standard InChI is InChI=1S/C9H10IN3/c10-7-1-3-8(4-2-7)13-9-11-5-6-12-9/h1-4H,5-6H2,(H2,11,12,13). The van der Waals surface area contributed by atoms with Crippen LogP contribution in [-0.2, 0) is 0 Å². The summed E-state index contributed by atoms with van der Waals surface area (Å²) in [6.07, 6.45) is 0. The third kappa shape index (κ3) is 2.33. The van der Waals surface area contributed by atoms with Crippen LogP contribution in [0.15, 0.2) is 29.3 Å². The van der Waals surface area contributed by atoms with Gasteiger partial charge in [-0.2, -0.15) is 0 Å². The van der Waals surface area contributed by atoms with Crippen LogP contribution in [0.3, 0.4) is 0 Å². The lowest BCUT2D eigenvalue weighted by Gasteiger charge is -2.05. The van der Waals surface area contributed by atoms with Gasteiger partial charge in [0.25, 0.3) is 0 Å². The maximum absolute atomic E-state index is 4.25. The zero-order chi connectivity index (χ0) is 9.10. The summed E-state index contributed by atoms with van der Waals surface area (Å²) in [5.74, 6) is 0.876. The number of nitrogens with zero attached hydrogens (tertiary/aromatic N) is 1. The summed E-state index contributed by atoms with van der Waals surface area (Å²) in [6, 6.07) is 8.23. The predicted octanol–water partition coefficient (Wildman–Crippen LogP) is 1.66. The molecule has 2 N–H and O–H groups in total. The van der Waals surface area contributed by atoms with Crippen LogP contribution >= 0.6 is 22.6 Å². The summed E-state index contributed by atoms with van der Waals surface area (Å²) >= 11 is 2.29. The molecule has 0 aliphatic carbocycles. The molecule has 1 heterocycles. The van der Waals surface area contributed by atoms with Crippen LogP contribution in [0.25, 0.3) is 0 Å². The molecule has 1 aliphatic heterocycles. The Kier molecular flexibility index (Phi) is 2.68. The minimum absolute atomic E-state index is 0.868. The van der Waals surface area contributed by atoms with Crippen LogP contribution in [0.2, 0.25) is 0 Å². The lowest BCUT2D eigenvalue weighted by Crippen LogP contribution is -2.26. The van der Waals surface area contributed by atoms with E-state index in [0.29, 0.717) is 0 Å². The van der Waals surface area contributed by atoms with Gasteiger partial charge in [-0.1, -0.05) is 0 Å². The number of hydrogen-bond acceptors (Lipinski definition) is 3. The summed E-state index contributed by atoms with van der Waals surface area (Å²) in [4.78, 5) is 4.25. The fourth-order valence-electron chi connectivity index (χ4n) is 1.15. The van der Waals surface area contributed by atoms with Gasteiger partial charge >= 0.3 is 0 Å². The van der Waals surface area contributed by atoms with Crippen molar-refractivity contribution in [3.8, 4) is 0 Å². The van der Waals surface area contributed by atoms with Crippen LogP contribution < -0.4 is 10.6 Å². The van der Waals surface area contributed by atoms with Crippen molar-refractivity contribution in [2.75, 3.05) is 18.4 Å². The number of aliphatic imine (C=N–C) groups is 1. The Bertz CT molecular complexity index is 318. The minimum atomic E-state index is 0.868. The highest BCUT2D eigenvalue weighted by Crippen LogP contribution is 2.11. The molecule has 1 aromatic rings. The molecule has 4 heteroatoms. The third-order valence-electron chi connectivity index (χ3n) is 1.78. The molecule has 3 nitrogen and oxygen atoms in total. The fraction of sp³-hybridized carbons (Fsp3) is 0.222. The van der Waals surface area contributed by atoms with Crippen molar-refractivity contribution < 1.29 is 0 Å². The Labute approximate surface area is 90.8 Å². The molecule has 0 aromatic heterocycles. The summed E-state index contributed by atoms with van der Waals surface area (Å²) in [5, 5.41) is 6.36. The van der Waals surface area contributed by atoms with Crippen LogP contribution in [0.5, 0.6) is 0 Å². The Morgan fingerprint density at radius 1 is 1.31 bits per heavy atom. The van der Waals surface area contributed by atoms with E-state index in [0.717, 1.165) is 24.7 Å². The molecule has 0 unspecified atom stereocenters. The second-order valence-corrected chi connectivity index (χ2v) is 4.03. The molecule has 0 bridgehead atoms. The van der Waals surface area contributed by atoms with Gasteiger partial charge in [-0.3, -0.25) is 4.99 Å². The lowest BCUT2D eigenvalue weighted by atomic mass is 10.3. The average Bonchev–Trinajstić information content (AvgIpc) is 2.62. The van der Waals surface area contributed by atoms with Gasteiger partial charge in [0.2, 0.25) is 0 Å². The van der Waals surface area contributed by atoms with E-state index in [2.05, 4.69) is 50.3 Å². The molecular weight excluding hydrogens is 277 g/mol. The van der Waals surface area contributed by atoms with Crippen LogP contribution in [0.4, 0.5) is 5.69 Å². The van der Waals surface area contributed by atoms with Gasteiger partial charge < -0.3 is 10.6 Å². The molecule has 13 heavy (non-hydrogen) atoms. The van der Waals surface area contributed by atoms with Crippen molar-refractivity contribution in [1.82, 2.24) is 5.32 Å². The van der Waals surface area contributed by atoms with E-state index in [1.165, 1.54) is 3.57 Å². The fourth-order valence-corrected chi connectivity index (χ4v) is 1.51. The highest BCUT2D eigenvalue weighted by molar-refractivity contribution is 14.1. The van der Waals surface area contributed by atoms with E-state index in [-0.39, 0.29) is 0 Å². The first-order chi connectivity index (χ1) is 6.34. The first kappa shape index (κ1) is 8.80. The van der Waals surface area contributed by atoms with E-state index in [1.807, 2.05) is 12.1 Å². The van der Waals surface area contributed by atoms with Gasteiger partial charge in [-0.15, -0.1) is 0 Å². The van der Waals surface area contributed by atoms with Crippen LogP contribution in [0, 0.1) is 3.57 Å². The number of anilines is 1. The second-order valence-electron chi connectivity index (χ2n) is 2.79. The van der Waals surface area contributed by atoms with E-state index in [1.54, 1.807) is 0 Å². The SMILES string of the molecule is Ic1ccc(NC2=NCCN2)cc1. The smallest absolute Gasteiger partial charge is 0.195 e. The van der Waals surface area contributed by atoms with Gasteiger partial charge in [-0.05, 0) is 46.9 Å². The van der Waals surface area contributed by atoms with Crippen molar-refractivity contribution in [3.63, 3.8) is 0 Å². The third-order valence-corrected chi connectivity index (χ3v) is 2.50. The molecule has 0 radical (unpaired) electrons. The minimum Gasteiger partial charge on any atom is -0.354 e. The van der Waals surface area contributed by atoms with Crippen LogP contribution in [-0.4, -0.2) is 19.0 Å².